The summed E-state index contributed by atoms with van der Waals surface area (Å²) < 4.78 is 20.1. The van der Waals surface area contributed by atoms with Crippen LogP contribution in [0.5, 0.6) is 0 Å². The molecular weight excluding hydrogens is 273 g/mol. The summed E-state index contributed by atoms with van der Waals surface area (Å²) in [6.45, 7) is 2.80. The van der Waals surface area contributed by atoms with Crippen LogP contribution in [-0.2, 0) is 4.74 Å². The Morgan fingerprint density at radius 2 is 2.38 bits per heavy atom. The number of nitrogens with zero attached hydrogens (tertiary/aromatic N) is 2. The fourth-order valence-electron chi connectivity index (χ4n) is 2.55. The number of nitrogens with one attached hydrogen (secondary N) is 1. The van der Waals surface area contributed by atoms with E-state index in [1.54, 1.807) is 23.7 Å². The van der Waals surface area contributed by atoms with Crippen molar-refractivity contribution in [1.29, 1.82) is 0 Å². The van der Waals surface area contributed by atoms with E-state index in [2.05, 4.69) is 10.4 Å². The molecule has 3 rings (SSSR count). The molecule has 1 aliphatic heterocycles. The second-order valence-electron chi connectivity index (χ2n) is 4.87. The monoisotopic (exact) mass is 289 g/mol. The van der Waals surface area contributed by atoms with Crippen molar-refractivity contribution in [2.24, 2.45) is 0 Å². The van der Waals surface area contributed by atoms with Crippen molar-refractivity contribution in [3.8, 4) is 0 Å². The third kappa shape index (κ3) is 2.61. The van der Waals surface area contributed by atoms with Gasteiger partial charge in [0.25, 0.3) is 0 Å². The Morgan fingerprint density at radius 1 is 1.52 bits per heavy atom. The second kappa shape index (κ2) is 5.55. The molecular formula is C15H16FN3O2. The van der Waals surface area contributed by atoms with E-state index in [-0.39, 0.29) is 17.6 Å². The summed E-state index contributed by atoms with van der Waals surface area (Å²) in [4.78, 5) is 11.8. The summed E-state index contributed by atoms with van der Waals surface area (Å²) in [6.07, 6.45) is 0.778. The zero-order chi connectivity index (χ0) is 14.8. The molecule has 1 aromatic carbocycles. The number of esters is 1. The van der Waals surface area contributed by atoms with E-state index in [1.807, 2.05) is 6.07 Å². The molecule has 0 saturated carbocycles. The summed E-state index contributed by atoms with van der Waals surface area (Å²) in [5, 5.41) is 7.51. The number of ether oxygens (including phenoxy) is 1. The Balaban J connectivity index is 1.96. The lowest BCUT2D eigenvalue weighted by Gasteiger charge is -2.25. The van der Waals surface area contributed by atoms with Gasteiger partial charge in [-0.15, -0.1) is 0 Å². The van der Waals surface area contributed by atoms with Crippen LogP contribution in [0.1, 0.15) is 35.4 Å². The molecule has 0 spiro atoms. The number of anilines is 1. The lowest BCUT2D eigenvalue weighted by Crippen LogP contribution is -2.24. The van der Waals surface area contributed by atoms with Crippen LogP contribution in [0.4, 0.5) is 10.2 Å². The number of fused-ring (bicyclic) bond motifs is 1. The average Bonchev–Trinajstić information content (AvgIpc) is 2.91. The molecule has 5 nitrogen and oxygen atoms in total. The van der Waals surface area contributed by atoms with Crippen LogP contribution in [0.3, 0.4) is 0 Å². The van der Waals surface area contributed by atoms with Gasteiger partial charge in [0.2, 0.25) is 0 Å². The molecule has 1 aliphatic rings. The van der Waals surface area contributed by atoms with Crippen molar-refractivity contribution < 1.29 is 13.9 Å². The minimum absolute atomic E-state index is 0.0832. The van der Waals surface area contributed by atoms with Crippen molar-refractivity contribution in [1.82, 2.24) is 9.78 Å². The van der Waals surface area contributed by atoms with E-state index < -0.39 is 5.97 Å². The molecule has 1 unspecified atom stereocenters. The topological polar surface area (TPSA) is 56.2 Å². The molecule has 0 saturated heterocycles. The molecule has 1 aromatic heterocycles. The summed E-state index contributed by atoms with van der Waals surface area (Å²) >= 11 is 0. The van der Waals surface area contributed by atoms with Crippen LogP contribution in [0.25, 0.3) is 0 Å². The van der Waals surface area contributed by atoms with E-state index in [9.17, 15) is 9.18 Å². The summed E-state index contributed by atoms with van der Waals surface area (Å²) in [5.74, 6) is 0.0307. The molecule has 1 N–H and O–H groups in total. The average molecular weight is 289 g/mol. The minimum atomic E-state index is -0.445. The largest absolute Gasteiger partial charge is 0.461 e. The van der Waals surface area contributed by atoms with Gasteiger partial charge < -0.3 is 10.1 Å². The zero-order valence-electron chi connectivity index (χ0n) is 11.7. The fourth-order valence-corrected chi connectivity index (χ4v) is 2.55. The number of benzene rings is 1. The highest BCUT2D eigenvalue weighted by Crippen LogP contribution is 2.30. The number of rotatable bonds is 3. The molecule has 2 aromatic rings. The Labute approximate surface area is 121 Å². The van der Waals surface area contributed by atoms with Crippen molar-refractivity contribution in [3.05, 3.63) is 47.4 Å². The fraction of sp³-hybridized carbons (Fsp3) is 0.333. The van der Waals surface area contributed by atoms with E-state index in [0.29, 0.717) is 6.61 Å². The summed E-state index contributed by atoms with van der Waals surface area (Å²) in [7, 11) is 0. The first-order valence-corrected chi connectivity index (χ1v) is 6.95. The predicted octanol–water partition coefficient (Wildman–Crippen LogP) is 2.60. The van der Waals surface area contributed by atoms with Gasteiger partial charge in [0.05, 0.1) is 12.6 Å². The SMILES string of the molecule is CCOC(=O)c1cc2n(n1)C(c1cccc(F)c1)CCN2. The quantitative estimate of drug-likeness (QED) is 0.882. The van der Waals surface area contributed by atoms with E-state index in [0.717, 1.165) is 24.3 Å². The number of hydrogen-bond donors (Lipinski definition) is 1. The Bertz CT molecular complexity index is 669. The summed E-state index contributed by atoms with van der Waals surface area (Å²) in [6, 6.07) is 8.06. The van der Waals surface area contributed by atoms with Crippen molar-refractivity contribution in [2.45, 2.75) is 19.4 Å². The molecule has 2 heterocycles. The molecule has 1 atom stereocenters. The Hall–Kier alpha value is -2.37. The summed E-state index contributed by atoms with van der Waals surface area (Å²) in [5.41, 5.74) is 1.11. The van der Waals surface area contributed by atoms with Gasteiger partial charge in [-0.25, -0.2) is 13.9 Å². The van der Waals surface area contributed by atoms with Gasteiger partial charge in [-0.1, -0.05) is 12.1 Å². The van der Waals surface area contributed by atoms with Crippen LogP contribution in [-0.4, -0.2) is 28.9 Å². The number of halogens is 1. The first-order valence-electron chi connectivity index (χ1n) is 6.95. The van der Waals surface area contributed by atoms with Crippen LogP contribution < -0.4 is 5.32 Å². The normalized spacial score (nSPS) is 17.0. The molecule has 0 bridgehead atoms. The van der Waals surface area contributed by atoms with E-state index in [1.165, 1.54) is 12.1 Å². The maximum Gasteiger partial charge on any atom is 0.358 e. The van der Waals surface area contributed by atoms with Crippen LogP contribution >= 0.6 is 0 Å². The van der Waals surface area contributed by atoms with Gasteiger partial charge in [-0.2, -0.15) is 5.10 Å². The lowest BCUT2D eigenvalue weighted by molar-refractivity contribution is 0.0518. The van der Waals surface area contributed by atoms with E-state index >= 15 is 0 Å². The first kappa shape index (κ1) is 13.6. The van der Waals surface area contributed by atoms with Crippen molar-refractivity contribution in [3.63, 3.8) is 0 Å². The molecule has 6 heteroatoms. The highest BCUT2D eigenvalue weighted by molar-refractivity contribution is 5.88. The third-order valence-electron chi connectivity index (χ3n) is 3.47. The first-order chi connectivity index (χ1) is 10.2. The molecule has 21 heavy (non-hydrogen) atoms. The van der Waals surface area contributed by atoms with E-state index in [4.69, 9.17) is 4.74 Å². The molecule has 0 amide bonds. The molecule has 110 valence electrons. The minimum Gasteiger partial charge on any atom is -0.461 e. The maximum absolute atomic E-state index is 13.4. The zero-order valence-corrected chi connectivity index (χ0v) is 11.7. The van der Waals surface area contributed by atoms with Crippen molar-refractivity contribution in [2.75, 3.05) is 18.5 Å². The Kier molecular flexibility index (Phi) is 3.60. The van der Waals surface area contributed by atoms with Crippen molar-refractivity contribution >= 4 is 11.8 Å². The highest BCUT2D eigenvalue weighted by atomic mass is 19.1. The van der Waals surface area contributed by atoms with Gasteiger partial charge in [0, 0.05) is 12.6 Å². The molecule has 0 fully saturated rings. The number of carbonyl (C=O) groups is 1. The lowest BCUT2D eigenvalue weighted by atomic mass is 10.0. The standard InChI is InChI=1S/C15H16FN3O2/c1-2-21-15(20)12-9-14-17-7-6-13(19(14)18-12)10-4-3-5-11(16)8-10/h3-5,8-9,13,17H,2,6-7H2,1H3. The molecule has 0 aliphatic carbocycles. The van der Waals surface area contributed by atoms with Gasteiger partial charge in [-0.3, -0.25) is 0 Å². The number of hydrogen-bond acceptors (Lipinski definition) is 4. The second-order valence-corrected chi connectivity index (χ2v) is 4.87. The predicted molar refractivity (Wildman–Crippen MR) is 75.8 cm³/mol. The van der Waals surface area contributed by atoms with Gasteiger partial charge in [-0.05, 0) is 31.0 Å². The van der Waals surface area contributed by atoms with Gasteiger partial charge >= 0.3 is 5.97 Å². The number of aromatic nitrogens is 2. The Morgan fingerprint density at radius 3 is 3.14 bits per heavy atom. The highest BCUT2D eigenvalue weighted by Gasteiger charge is 2.25. The molecule has 0 radical (unpaired) electrons. The van der Waals surface area contributed by atoms with Crippen LogP contribution in [0.2, 0.25) is 0 Å². The van der Waals surface area contributed by atoms with Gasteiger partial charge in [0.15, 0.2) is 5.69 Å². The number of carbonyl (C=O) groups excluding carboxylic acids is 1. The third-order valence-corrected chi connectivity index (χ3v) is 3.47. The van der Waals surface area contributed by atoms with Gasteiger partial charge in [0.1, 0.15) is 11.6 Å². The van der Waals surface area contributed by atoms with Crippen LogP contribution in [0.15, 0.2) is 30.3 Å². The smallest absolute Gasteiger partial charge is 0.358 e. The maximum atomic E-state index is 13.4. The van der Waals surface area contributed by atoms with Crippen LogP contribution in [0, 0.1) is 5.82 Å².